The SMILES string of the molecule is CC1CN(CCCC(=O)c2ccc(F)cc2)CC(C)S1. The molecule has 1 saturated heterocycles. The van der Waals surface area contributed by atoms with Gasteiger partial charge >= 0.3 is 0 Å². The van der Waals surface area contributed by atoms with Crippen LogP contribution < -0.4 is 0 Å². The molecule has 0 bridgehead atoms. The van der Waals surface area contributed by atoms with Crippen molar-refractivity contribution in [1.29, 1.82) is 0 Å². The van der Waals surface area contributed by atoms with Crippen LogP contribution in [0.3, 0.4) is 0 Å². The van der Waals surface area contributed by atoms with Crippen LogP contribution >= 0.6 is 11.8 Å². The average Bonchev–Trinajstić information content (AvgIpc) is 2.38. The van der Waals surface area contributed by atoms with Gasteiger partial charge in [0.15, 0.2) is 5.78 Å². The number of Topliss-reactive ketones (excluding diaryl/α,β-unsaturated/α-hetero) is 1. The Bertz CT molecular complexity index is 438. The molecule has 1 aromatic carbocycles. The number of thioether (sulfide) groups is 1. The van der Waals surface area contributed by atoms with Gasteiger partial charge in [0.1, 0.15) is 5.82 Å². The van der Waals surface area contributed by atoms with Crippen molar-refractivity contribution in [3.05, 3.63) is 35.6 Å². The summed E-state index contributed by atoms with van der Waals surface area (Å²) < 4.78 is 12.8. The summed E-state index contributed by atoms with van der Waals surface area (Å²) in [6.07, 6.45) is 1.42. The van der Waals surface area contributed by atoms with Gasteiger partial charge in [-0.3, -0.25) is 4.79 Å². The molecule has 1 heterocycles. The Balaban J connectivity index is 1.75. The normalized spacial score (nSPS) is 23.8. The minimum atomic E-state index is -0.296. The summed E-state index contributed by atoms with van der Waals surface area (Å²) in [4.78, 5) is 14.4. The topological polar surface area (TPSA) is 20.3 Å². The van der Waals surface area contributed by atoms with Crippen molar-refractivity contribution in [2.24, 2.45) is 0 Å². The summed E-state index contributed by atoms with van der Waals surface area (Å²) in [5.41, 5.74) is 0.613. The number of hydrogen-bond acceptors (Lipinski definition) is 3. The number of benzene rings is 1. The van der Waals surface area contributed by atoms with E-state index in [-0.39, 0.29) is 11.6 Å². The second kappa shape index (κ2) is 7.23. The molecule has 0 radical (unpaired) electrons. The maximum absolute atomic E-state index is 12.8. The molecule has 2 atom stereocenters. The van der Waals surface area contributed by atoms with Gasteiger partial charge in [-0.2, -0.15) is 11.8 Å². The highest BCUT2D eigenvalue weighted by Gasteiger charge is 2.21. The Morgan fingerprint density at radius 2 is 1.85 bits per heavy atom. The third-order valence-electron chi connectivity index (χ3n) is 3.54. The van der Waals surface area contributed by atoms with Crippen LogP contribution in [0, 0.1) is 5.82 Å². The van der Waals surface area contributed by atoms with Crippen molar-refractivity contribution in [2.75, 3.05) is 19.6 Å². The molecule has 0 amide bonds. The highest BCUT2D eigenvalue weighted by Crippen LogP contribution is 2.24. The molecule has 0 saturated carbocycles. The first-order valence-corrected chi connectivity index (χ1v) is 8.15. The van der Waals surface area contributed by atoms with Crippen molar-refractivity contribution in [3.63, 3.8) is 0 Å². The van der Waals surface area contributed by atoms with Crippen molar-refractivity contribution >= 4 is 17.5 Å². The van der Waals surface area contributed by atoms with Gasteiger partial charge in [0.2, 0.25) is 0 Å². The fourth-order valence-corrected chi connectivity index (χ4v) is 4.10. The molecule has 0 aliphatic carbocycles. The first-order chi connectivity index (χ1) is 9.54. The lowest BCUT2D eigenvalue weighted by Gasteiger charge is -2.34. The molecule has 1 aromatic rings. The third-order valence-corrected chi connectivity index (χ3v) is 4.77. The van der Waals surface area contributed by atoms with Gasteiger partial charge in [-0.15, -0.1) is 0 Å². The predicted octanol–water partition coefficient (Wildman–Crippen LogP) is 3.61. The monoisotopic (exact) mass is 295 g/mol. The minimum Gasteiger partial charge on any atom is -0.301 e. The van der Waals surface area contributed by atoms with E-state index in [1.165, 1.54) is 12.1 Å². The number of carbonyl (C=O) groups excluding carboxylic acids is 1. The van der Waals surface area contributed by atoms with Gasteiger partial charge in [-0.05, 0) is 37.2 Å². The van der Waals surface area contributed by atoms with Gasteiger partial charge in [-0.25, -0.2) is 4.39 Å². The lowest BCUT2D eigenvalue weighted by molar-refractivity contribution is 0.0974. The summed E-state index contributed by atoms with van der Waals surface area (Å²) in [5, 5.41) is 1.35. The second-order valence-electron chi connectivity index (χ2n) is 5.55. The van der Waals surface area contributed by atoms with Crippen molar-refractivity contribution in [2.45, 2.75) is 37.2 Å². The molecule has 2 unspecified atom stereocenters. The number of ketones is 1. The summed E-state index contributed by atoms with van der Waals surface area (Å²) in [7, 11) is 0. The summed E-state index contributed by atoms with van der Waals surface area (Å²) >= 11 is 2.04. The van der Waals surface area contributed by atoms with E-state index < -0.39 is 0 Å². The standard InChI is InChI=1S/C16H22FNOS/c1-12-10-18(11-13(2)20-12)9-3-4-16(19)14-5-7-15(17)8-6-14/h5-8,12-13H,3-4,9-11H2,1-2H3. The zero-order valence-corrected chi connectivity index (χ0v) is 13.0. The molecule has 1 fully saturated rings. The predicted molar refractivity (Wildman–Crippen MR) is 82.9 cm³/mol. The van der Waals surface area contributed by atoms with E-state index in [2.05, 4.69) is 18.7 Å². The number of nitrogens with zero attached hydrogens (tertiary/aromatic N) is 1. The molecule has 2 rings (SSSR count). The number of rotatable bonds is 5. The molecule has 1 aliphatic heterocycles. The molecule has 4 heteroatoms. The van der Waals surface area contributed by atoms with Gasteiger partial charge in [0.25, 0.3) is 0 Å². The Labute approximate surface area is 124 Å². The highest BCUT2D eigenvalue weighted by molar-refractivity contribution is 8.00. The molecule has 20 heavy (non-hydrogen) atoms. The van der Waals surface area contributed by atoms with E-state index in [1.807, 2.05) is 11.8 Å². The number of halogens is 1. The summed E-state index contributed by atoms with van der Waals surface area (Å²) in [5.74, 6) is -0.187. The number of hydrogen-bond donors (Lipinski definition) is 0. The lowest BCUT2D eigenvalue weighted by atomic mass is 10.1. The Morgan fingerprint density at radius 1 is 1.25 bits per heavy atom. The van der Waals surface area contributed by atoms with Gasteiger partial charge in [0.05, 0.1) is 0 Å². The second-order valence-corrected chi connectivity index (χ2v) is 7.43. The summed E-state index contributed by atoms with van der Waals surface area (Å²) in [6, 6.07) is 5.83. The number of carbonyl (C=O) groups is 1. The van der Waals surface area contributed by atoms with Gasteiger partial charge < -0.3 is 4.90 Å². The highest BCUT2D eigenvalue weighted by atomic mass is 32.2. The molecular weight excluding hydrogens is 273 g/mol. The molecule has 0 N–H and O–H groups in total. The van der Waals surface area contributed by atoms with Crippen LogP contribution in [0.1, 0.15) is 37.0 Å². The van der Waals surface area contributed by atoms with Crippen molar-refractivity contribution in [1.82, 2.24) is 4.90 Å². The van der Waals surface area contributed by atoms with Gasteiger partial charge in [0, 0.05) is 35.6 Å². The Kier molecular flexibility index (Phi) is 5.61. The molecule has 2 nitrogen and oxygen atoms in total. The van der Waals surface area contributed by atoms with Crippen LogP contribution in [0.15, 0.2) is 24.3 Å². The zero-order valence-electron chi connectivity index (χ0n) is 12.1. The van der Waals surface area contributed by atoms with E-state index >= 15 is 0 Å². The quantitative estimate of drug-likeness (QED) is 0.774. The molecule has 1 aliphatic rings. The van der Waals surface area contributed by atoms with Gasteiger partial charge in [-0.1, -0.05) is 13.8 Å². The van der Waals surface area contributed by atoms with Crippen molar-refractivity contribution < 1.29 is 9.18 Å². The smallest absolute Gasteiger partial charge is 0.162 e. The molecule has 0 aromatic heterocycles. The maximum atomic E-state index is 12.8. The first kappa shape index (κ1) is 15.5. The van der Waals surface area contributed by atoms with Crippen molar-refractivity contribution in [3.8, 4) is 0 Å². The fourth-order valence-electron chi connectivity index (χ4n) is 2.71. The fraction of sp³-hybridized carbons (Fsp3) is 0.562. The summed E-state index contributed by atoms with van der Waals surface area (Å²) in [6.45, 7) is 7.72. The van der Waals surface area contributed by atoms with Crippen LogP contribution in [0.5, 0.6) is 0 Å². The van der Waals surface area contributed by atoms with E-state index in [0.717, 1.165) is 26.1 Å². The lowest BCUT2D eigenvalue weighted by Crippen LogP contribution is -2.40. The van der Waals surface area contributed by atoms with E-state index in [0.29, 0.717) is 22.5 Å². The zero-order chi connectivity index (χ0) is 14.5. The minimum absolute atomic E-state index is 0.109. The molecular formula is C16H22FNOS. The largest absolute Gasteiger partial charge is 0.301 e. The van der Waals surface area contributed by atoms with Crippen LogP contribution in [0.2, 0.25) is 0 Å². The van der Waals surface area contributed by atoms with Crippen LogP contribution in [0.4, 0.5) is 4.39 Å². The Morgan fingerprint density at radius 3 is 2.45 bits per heavy atom. The van der Waals surface area contributed by atoms with Crippen LogP contribution in [-0.4, -0.2) is 40.8 Å². The van der Waals surface area contributed by atoms with E-state index in [9.17, 15) is 9.18 Å². The molecule has 0 spiro atoms. The average molecular weight is 295 g/mol. The molecule has 110 valence electrons. The third kappa shape index (κ3) is 4.60. The van der Waals surface area contributed by atoms with Crippen LogP contribution in [0.25, 0.3) is 0 Å². The first-order valence-electron chi connectivity index (χ1n) is 7.21. The van der Waals surface area contributed by atoms with Crippen LogP contribution in [-0.2, 0) is 0 Å². The Hall–Kier alpha value is -0.870. The van der Waals surface area contributed by atoms with E-state index in [4.69, 9.17) is 0 Å². The maximum Gasteiger partial charge on any atom is 0.162 e. The van der Waals surface area contributed by atoms with E-state index in [1.54, 1.807) is 12.1 Å².